The number of hydrogen-bond acceptors (Lipinski definition) is 1. The van der Waals surface area contributed by atoms with E-state index in [2.05, 4.69) is 50.8 Å². The molecule has 0 aromatic heterocycles. The van der Waals surface area contributed by atoms with Crippen LogP contribution in [0.4, 0.5) is 0 Å². The summed E-state index contributed by atoms with van der Waals surface area (Å²) >= 11 is 0. The molecule has 0 saturated heterocycles. The van der Waals surface area contributed by atoms with Crippen molar-refractivity contribution in [2.45, 2.75) is 60.8 Å². The third-order valence-corrected chi connectivity index (χ3v) is 2.62. The van der Waals surface area contributed by atoms with Gasteiger partial charge in [-0.25, -0.2) is 0 Å². The first kappa shape index (κ1) is 18.8. The maximum absolute atomic E-state index is 2.51. The summed E-state index contributed by atoms with van der Waals surface area (Å²) < 4.78 is 0. The van der Waals surface area contributed by atoms with Crippen molar-refractivity contribution < 1.29 is 0 Å². The number of allylic oxidation sites excluding steroid dienone is 2. The third-order valence-electron chi connectivity index (χ3n) is 2.62. The van der Waals surface area contributed by atoms with Crippen molar-refractivity contribution in [3.63, 3.8) is 0 Å². The fourth-order valence-corrected chi connectivity index (χ4v) is 1.50. The van der Waals surface area contributed by atoms with Crippen LogP contribution in [0.3, 0.4) is 0 Å². The predicted octanol–water partition coefficient (Wildman–Crippen LogP) is 5.05. The first-order chi connectivity index (χ1) is 8.28. The van der Waals surface area contributed by atoms with E-state index in [4.69, 9.17) is 0 Å². The zero-order valence-electron chi connectivity index (χ0n) is 12.9. The molecule has 0 rings (SSSR count). The Hall–Kier alpha value is -0.560. The molecule has 0 aliphatic rings. The molecule has 0 saturated carbocycles. The lowest BCUT2D eigenvalue weighted by atomic mass is 10.2. The summed E-state index contributed by atoms with van der Waals surface area (Å²) in [7, 11) is 0. The van der Waals surface area contributed by atoms with Gasteiger partial charge in [0.25, 0.3) is 0 Å². The van der Waals surface area contributed by atoms with Gasteiger partial charge < -0.3 is 0 Å². The van der Waals surface area contributed by atoms with Crippen molar-refractivity contribution in [2.75, 3.05) is 19.6 Å². The first-order valence-electron chi connectivity index (χ1n) is 7.32. The number of unbranched alkanes of at least 4 members (excludes halogenated alkanes) is 1. The smallest absolute Gasteiger partial charge is 0.0230 e. The van der Waals surface area contributed by atoms with Crippen LogP contribution < -0.4 is 0 Å². The molecular weight excluding hydrogens is 206 g/mol. The van der Waals surface area contributed by atoms with Crippen LogP contribution in [0.2, 0.25) is 0 Å². The molecular formula is C16H33N. The van der Waals surface area contributed by atoms with Gasteiger partial charge >= 0.3 is 0 Å². The fourth-order valence-electron chi connectivity index (χ4n) is 1.50. The van der Waals surface area contributed by atoms with Crippen LogP contribution in [0, 0.1) is 0 Å². The summed E-state index contributed by atoms with van der Waals surface area (Å²) in [6.07, 6.45) is 10.4. The molecule has 0 aromatic rings. The highest BCUT2D eigenvalue weighted by atomic mass is 15.1. The second kappa shape index (κ2) is 15.4. The van der Waals surface area contributed by atoms with Gasteiger partial charge in [0, 0.05) is 6.54 Å². The molecule has 0 aromatic carbocycles. The minimum absolute atomic E-state index is 1.10. The van der Waals surface area contributed by atoms with Gasteiger partial charge in [0.2, 0.25) is 0 Å². The molecule has 1 heteroatoms. The summed E-state index contributed by atoms with van der Waals surface area (Å²) in [5, 5.41) is 0. The number of hydrogen-bond donors (Lipinski definition) is 0. The molecule has 0 atom stereocenters. The average Bonchev–Trinajstić information content (AvgIpc) is 2.40. The van der Waals surface area contributed by atoms with Crippen LogP contribution in [0.25, 0.3) is 0 Å². The Morgan fingerprint density at radius 2 is 1.76 bits per heavy atom. The SMILES string of the molecule is C/C=C(\C=C/CC)CN(CC)CCCC.CC. The molecule has 0 aliphatic heterocycles. The van der Waals surface area contributed by atoms with E-state index in [0.29, 0.717) is 0 Å². The maximum Gasteiger partial charge on any atom is 0.0230 e. The van der Waals surface area contributed by atoms with E-state index in [1.165, 1.54) is 25.0 Å². The van der Waals surface area contributed by atoms with Gasteiger partial charge in [-0.1, -0.05) is 59.3 Å². The van der Waals surface area contributed by atoms with Gasteiger partial charge in [-0.3, -0.25) is 4.90 Å². The number of nitrogens with zero attached hydrogens (tertiary/aromatic N) is 1. The summed E-state index contributed by atoms with van der Waals surface area (Å²) in [4.78, 5) is 2.51. The summed E-state index contributed by atoms with van der Waals surface area (Å²) in [5.74, 6) is 0. The van der Waals surface area contributed by atoms with Crippen LogP contribution in [0.1, 0.15) is 60.8 Å². The van der Waals surface area contributed by atoms with E-state index in [1.54, 1.807) is 0 Å². The van der Waals surface area contributed by atoms with Crippen LogP contribution in [-0.4, -0.2) is 24.5 Å². The highest BCUT2D eigenvalue weighted by molar-refractivity contribution is 5.19. The Kier molecular flexibility index (Phi) is 17.1. The second-order valence-electron chi connectivity index (χ2n) is 3.90. The van der Waals surface area contributed by atoms with E-state index in [-0.39, 0.29) is 0 Å². The van der Waals surface area contributed by atoms with Gasteiger partial charge in [0.05, 0.1) is 0 Å². The Balaban J connectivity index is 0. The monoisotopic (exact) mass is 239 g/mol. The van der Waals surface area contributed by atoms with Crippen molar-refractivity contribution in [1.29, 1.82) is 0 Å². The average molecular weight is 239 g/mol. The van der Waals surface area contributed by atoms with Crippen LogP contribution in [-0.2, 0) is 0 Å². The molecule has 0 N–H and O–H groups in total. The standard InChI is InChI=1S/C14H27N.C2H6/c1-5-9-11-14(7-3)13-15(8-4)12-10-6-2;1-2/h7,9,11H,5-6,8,10,12-13H2,1-4H3;1-2H3/b11-9-,14-7+;. The van der Waals surface area contributed by atoms with E-state index in [9.17, 15) is 0 Å². The number of likely N-dealkylation sites (N-methyl/N-ethyl adjacent to an activating group) is 1. The van der Waals surface area contributed by atoms with E-state index >= 15 is 0 Å². The molecule has 17 heavy (non-hydrogen) atoms. The molecule has 0 aliphatic carbocycles. The van der Waals surface area contributed by atoms with Crippen molar-refractivity contribution in [1.82, 2.24) is 4.90 Å². The Bertz CT molecular complexity index is 192. The Morgan fingerprint density at radius 3 is 2.18 bits per heavy atom. The summed E-state index contributed by atoms with van der Waals surface area (Å²) in [5.41, 5.74) is 1.44. The first-order valence-corrected chi connectivity index (χ1v) is 7.32. The molecule has 0 radical (unpaired) electrons. The zero-order chi connectivity index (χ0) is 13.5. The quantitative estimate of drug-likeness (QED) is 0.536. The predicted molar refractivity (Wildman–Crippen MR) is 81.6 cm³/mol. The minimum atomic E-state index is 1.10. The maximum atomic E-state index is 2.51. The van der Waals surface area contributed by atoms with Gasteiger partial charge in [-0.05, 0) is 38.4 Å². The van der Waals surface area contributed by atoms with Gasteiger partial charge in [0.1, 0.15) is 0 Å². The van der Waals surface area contributed by atoms with Gasteiger partial charge in [-0.15, -0.1) is 0 Å². The van der Waals surface area contributed by atoms with Crippen LogP contribution in [0.5, 0.6) is 0 Å². The summed E-state index contributed by atoms with van der Waals surface area (Å²) in [6, 6.07) is 0. The molecule has 102 valence electrons. The highest BCUT2D eigenvalue weighted by Crippen LogP contribution is 2.04. The van der Waals surface area contributed by atoms with Crippen LogP contribution in [0.15, 0.2) is 23.8 Å². The topological polar surface area (TPSA) is 3.24 Å². The summed E-state index contributed by atoms with van der Waals surface area (Å²) in [6.45, 7) is 16.3. The number of rotatable bonds is 8. The lowest BCUT2D eigenvalue weighted by Gasteiger charge is -2.20. The zero-order valence-corrected chi connectivity index (χ0v) is 12.9. The molecule has 1 nitrogen and oxygen atoms in total. The fraction of sp³-hybridized carbons (Fsp3) is 0.750. The van der Waals surface area contributed by atoms with Crippen molar-refractivity contribution >= 4 is 0 Å². The molecule has 0 amide bonds. The molecule has 0 bridgehead atoms. The molecule has 0 unspecified atom stereocenters. The highest BCUT2D eigenvalue weighted by Gasteiger charge is 2.02. The molecule has 0 fully saturated rings. The van der Waals surface area contributed by atoms with E-state index in [0.717, 1.165) is 19.5 Å². The van der Waals surface area contributed by atoms with Gasteiger partial charge in [-0.2, -0.15) is 0 Å². The van der Waals surface area contributed by atoms with E-state index in [1.807, 2.05) is 13.8 Å². The van der Waals surface area contributed by atoms with Crippen LogP contribution >= 0.6 is 0 Å². The third kappa shape index (κ3) is 11.7. The lowest BCUT2D eigenvalue weighted by Crippen LogP contribution is -2.26. The lowest BCUT2D eigenvalue weighted by molar-refractivity contribution is 0.308. The van der Waals surface area contributed by atoms with Crippen molar-refractivity contribution in [3.05, 3.63) is 23.8 Å². The van der Waals surface area contributed by atoms with E-state index < -0.39 is 0 Å². The second-order valence-corrected chi connectivity index (χ2v) is 3.90. The Morgan fingerprint density at radius 1 is 1.12 bits per heavy atom. The van der Waals surface area contributed by atoms with Crippen molar-refractivity contribution in [2.24, 2.45) is 0 Å². The van der Waals surface area contributed by atoms with Gasteiger partial charge in [0.15, 0.2) is 0 Å². The normalized spacial score (nSPS) is 11.8. The van der Waals surface area contributed by atoms with Crippen molar-refractivity contribution in [3.8, 4) is 0 Å². The molecule has 0 spiro atoms. The molecule has 0 heterocycles. The Labute approximate surface area is 110 Å². The minimum Gasteiger partial charge on any atom is -0.299 e. The largest absolute Gasteiger partial charge is 0.299 e.